The van der Waals surface area contributed by atoms with Crippen LogP contribution in [0.15, 0.2) is 11.6 Å². The summed E-state index contributed by atoms with van der Waals surface area (Å²) in [4.78, 5) is 11.8. The summed E-state index contributed by atoms with van der Waals surface area (Å²) in [6, 6.07) is 1.19. The zero-order chi connectivity index (χ0) is 16.3. The molecule has 9 heteroatoms. The molecule has 1 N–H and O–H groups in total. The predicted molar refractivity (Wildman–Crippen MR) is 81.3 cm³/mol. The molecule has 2 rings (SSSR count). The number of benzene rings is 1. The minimum Gasteiger partial charge on any atom is -0.501 e. The molecular weight excluding hydrogens is 313 g/mol. The lowest BCUT2D eigenvalue weighted by molar-refractivity contribution is -0.388. The van der Waals surface area contributed by atoms with Crippen LogP contribution in [0, 0.1) is 15.9 Å². The Morgan fingerprint density at radius 3 is 3.00 bits per heavy atom. The van der Waals surface area contributed by atoms with Crippen molar-refractivity contribution in [2.24, 2.45) is 0 Å². The molecule has 1 saturated heterocycles. The zero-order valence-corrected chi connectivity index (χ0v) is 12.6. The van der Waals surface area contributed by atoms with Crippen molar-refractivity contribution in [2.75, 3.05) is 20.2 Å². The third kappa shape index (κ3) is 3.57. The maximum atomic E-state index is 14.2. The molecule has 1 aromatic rings. The van der Waals surface area contributed by atoms with E-state index < -0.39 is 22.2 Å². The zero-order valence-electron chi connectivity index (χ0n) is 11.9. The molecule has 1 aliphatic heterocycles. The van der Waals surface area contributed by atoms with Crippen molar-refractivity contribution in [3.8, 4) is 5.75 Å². The number of hydrogen-bond acceptors (Lipinski definition) is 5. The summed E-state index contributed by atoms with van der Waals surface area (Å²) in [7, 11) is 3.12. The average molecular weight is 328 g/mol. The molecule has 0 saturated carbocycles. The van der Waals surface area contributed by atoms with Crippen LogP contribution in [0.25, 0.3) is 6.08 Å². The number of phenols is 1. The van der Waals surface area contributed by atoms with E-state index >= 15 is 0 Å². The average Bonchev–Trinajstić information content (AvgIpc) is 2.45. The molecule has 0 aliphatic carbocycles. The number of nitro groups is 1. The van der Waals surface area contributed by atoms with E-state index in [-0.39, 0.29) is 10.6 Å². The van der Waals surface area contributed by atoms with Gasteiger partial charge in [0, 0.05) is 19.2 Å². The molecule has 0 bridgehead atoms. The Kier molecular flexibility index (Phi) is 5.39. The van der Waals surface area contributed by atoms with Crippen molar-refractivity contribution in [3.63, 3.8) is 0 Å². The summed E-state index contributed by atoms with van der Waals surface area (Å²) in [5, 5.41) is 20.1. The molecule has 1 heterocycles. The number of aromatic hydroxyl groups is 1. The Morgan fingerprint density at radius 2 is 2.36 bits per heavy atom. The molecule has 1 fully saturated rings. The fourth-order valence-corrected chi connectivity index (χ4v) is 2.61. The fraction of sp³-hybridized carbons (Fsp3) is 0.385. The van der Waals surface area contributed by atoms with Crippen molar-refractivity contribution in [3.05, 3.63) is 38.2 Å². The van der Waals surface area contributed by atoms with E-state index in [9.17, 15) is 19.6 Å². The molecule has 0 amide bonds. The van der Waals surface area contributed by atoms with Gasteiger partial charge < -0.3 is 14.6 Å². The Labute approximate surface area is 132 Å². The Hall–Kier alpha value is -1.64. The quantitative estimate of drug-likeness (QED) is 0.523. The van der Waals surface area contributed by atoms with Crippen LogP contribution in [-0.4, -0.2) is 42.7 Å². The number of nitrogens with zero attached hydrogens (tertiary/aromatic N) is 2. The largest absolute Gasteiger partial charge is 0.501 e. The van der Waals surface area contributed by atoms with E-state index in [4.69, 9.17) is 16.3 Å². The highest BCUT2D eigenvalue weighted by molar-refractivity contribution is 6.32. The lowest BCUT2D eigenvalue weighted by Gasteiger charge is -2.27. The highest BCUT2D eigenvalue weighted by Gasteiger charge is 2.26. The molecule has 1 radical (unpaired) electrons. The van der Waals surface area contributed by atoms with Gasteiger partial charge in [0.15, 0.2) is 0 Å². The van der Waals surface area contributed by atoms with Crippen LogP contribution in [0.3, 0.4) is 0 Å². The second kappa shape index (κ2) is 7.08. The van der Waals surface area contributed by atoms with Crippen LogP contribution in [0.2, 0.25) is 5.02 Å². The first-order valence-electron chi connectivity index (χ1n) is 6.59. The molecule has 0 unspecified atom stereocenters. The predicted octanol–water partition coefficient (Wildman–Crippen LogP) is 2.75. The minimum atomic E-state index is -1.09. The normalized spacial score (nSPS) is 17.7. The molecule has 6 nitrogen and oxygen atoms in total. The summed E-state index contributed by atoms with van der Waals surface area (Å²) in [6.45, 7) is 1.36. The highest BCUT2D eigenvalue weighted by Crippen LogP contribution is 2.38. The lowest BCUT2D eigenvalue weighted by Crippen LogP contribution is -2.35. The highest BCUT2D eigenvalue weighted by atomic mass is 35.5. The fourth-order valence-electron chi connectivity index (χ4n) is 2.40. The Balaban J connectivity index is 2.36. The van der Waals surface area contributed by atoms with Crippen LogP contribution < -0.4 is 0 Å². The van der Waals surface area contributed by atoms with Gasteiger partial charge in [-0.05, 0) is 25.5 Å². The van der Waals surface area contributed by atoms with E-state index in [0.29, 0.717) is 6.54 Å². The monoisotopic (exact) mass is 327 g/mol. The molecule has 0 spiro atoms. The molecule has 0 atom stereocenters. The maximum Gasteiger partial charge on any atom is 0.398 e. The number of hydrogen-bond donors (Lipinski definition) is 1. The lowest BCUT2D eigenvalue weighted by atomic mass is 9.97. The van der Waals surface area contributed by atoms with Gasteiger partial charge in [0.25, 0.3) is 0 Å². The van der Waals surface area contributed by atoms with Crippen LogP contribution >= 0.6 is 11.6 Å². The molecule has 22 heavy (non-hydrogen) atoms. The first-order chi connectivity index (χ1) is 10.4. The molecule has 1 aliphatic rings. The summed E-state index contributed by atoms with van der Waals surface area (Å²) < 4.78 is 19.2. The van der Waals surface area contributed by atoms with Crippen molar-refractivity contribution in [1.82, 2.24) is 4.81 Å². The topological polar surface area (TPSA) is 75.8 Å². The second-order valence-electron chi connectivity index (χ2n) is 4.93. The number of rotatable bonds is 4. The summed E-state index contributed by atoms with van der Waals surface area (Å²) in [5.74, 6) is -1.95. The van der Waals surface area contributed by atoms with E-state index in [0.717, 1.165) is 25.0 Å². The van der Waals surface area contributed by atoms with Gasteiger partial charge in [-0.15, -0.1) is 0 Å². The van der Waals surface area contributed by atoms with Gasteiger partial charge in [-0.3, -0.25) is 10.1 Å². The number of piperidine rings is 1. The Morgan fingerprint density at radius 1 is 1.64 bits per heavy atom. The molecule has 0 aromatic heterocycles. The molecule has 117 valence electrons. The van der Waals surface area contributed by atoms with Crippen LogP contribution in [0.1, 0.15) is 18.4 Å². The number of phenolic OH excluding ortho intramolecular Hbond substituents is 1. The third-order valence-electron chi connectivity index (χ3n) is 3.34. The van der Waals surface area contributed by atoms with Crippen LogP contribution in [0.5, 0.6) is 5.75 Å². The van der Waals surface area contributed by atoms with Crippen molar-refractivity contribution < 1.29 is 19.1 Å². The van der Waals surface area contributed by atoms with Gasteiger partial charge in [0.2, 0.25) is 11.6 Å². The van der Waals surface area contributed by atoms with Crippen LogP contribution in [-0.2, 0) is 4.65 Å². The van der Waals surface area contributed by atoms with Gasteiger partial charge in [0.05, 0.1) is 9.95 Å². The summed E-state index contributed by atoms with van der Waals surface area (Å²) in [5.41, 5.74) is -0.117. The smallest absolute Gasteiger partial charge is 0.398 e. The number of halogens is 2. The van der Waals surface area contributed by atoms with Crippen molar-refractivity contribution in [1.29, 1.82) is 0 Å². The van der Waals surface area contributed by atoms with Gasteiger partial charge in [-0.2, -0.15) is 4.39 Å². The van der Waals surface area contributed by atoms with Gasteiger partial charge in [-0.25, -0.2) is 0 Å². The van der Waals surface area contributed by atoms with E-state index in [2.05, 4.69) is 0 Å². The first kappa shape index (κ1) is 16.7. The third-order valence-corrected chi connectivity index (χ3v) is 3.63. The number of nitro benzene ring substituents is 1. The summed E-state index contributed by atoms with van der Waals surface area (Å²) >= 11 is 5.74. The van der Waals surface area contributed by atoms with E-state index in [1.54, 1.807) is 14.7 Å². The van der Waals surface area contributed by atoms with Gasteiger partial charge >= 0.3 is 13.3 Å². The molecular formula is C13H14BClFN2O4. The minimum absolute atomic E-state index is 0.0104. The molecule has 1 aromatic carbocycles. The van der Waals surface area contributed by atoms with Gasteiger partial charge in [-0.1, -0.05) is 23.3 Å². The maximum absolute atomic E-state index is 14.2. The van der Waals surface area contributed by atoms with Crippen molar-refractivity contribution in [2.45, 2.75) is 12.8 Å². The standard InChI is InChI=1S/C13H14BClFN2O4/c1-22-14-17-4-2-3-8(7-17)5-9-6-10(15)13(19)12(11(9)16)18(20)21/h5-6,19H,2-4,7H2,1H3/b8-5+. The van der Waals surface area contributed by atoms with E-state index in [1.807, 2.05) is 4.81 Å². The second-order valence-corrected chi connectivity index (χ2v) is 5.34. The van der Waals surface area contributed by atoms with Gasteiger partial charge in [0.1, 0.15) is 0 Å². The first-order valence-corrected chi connectivity index (χ1v) is 6.96. The summed E-state index contributed by atoms with van der Waals surface area (Å²) in [6.07, 6.45) is 3.14. The SMILES string of the molecule is CO[B]N1CCC/C(=C\c2cc(Cl)c(O)c([N+](=O)[O-])c2F)C1. The van der Waals surface area contributed by atoms with E-state index in [1.165, 1.54) is 12.1 Å². The van der Waals surface area contributed by atoms with Crippen LogP contribution in [0.4, 0.5) is 10.1 Å². The van der Waals surface area contributed by atoms with Crippen molar-refractivity contribution >= 4 is 31.0 Å². The Bertz CT molecular complexity index is 625.